The molecule has 0 saturated carbocycles. The standard InChI is InChI=1S/C22H29F3N2O3SSi/c1-21(2,3)32(19-10-6-4-7-11-19,20-12-8-5-9-13-20)30-18-14-17(26-16-18)15-27-31(28,29)22(23,24)25/h4-13,17-18,26-27H,14-16H2,1-3H3/t17-,18+/m0/s1. The molecule has 0 amide bonds. The summed E-state index contributed by atoms with van der Waals surface area (Å²) in [4.78, 5) is 0. The van der Waals surface area contributed by atoms with Crippen LogP contribution in [0.15, 0.2) is 60.7 Å². The fourth-order valence-electron chi connectivity index (χ4n) is 4.26. The van der Waals surface area contributed by atoms with Crippen LogP contribution in [0, 0.1) is 0 Å². The van der Waals surface area contributed by atoms with Crippen LogP contribution in [0.4, 0.5) is 13.2 Å². The van der Waals surface area contributed by atoms with Gasteiger partial charge in [0.25, 0.3) is 8.32 Å². The predicted octanol–water partition coefficient (Wildman–Crippen LogP) is 2.73. The van der Waals surface area contributed by atoms with Crippen LogP contribution < -0.4 is 20.4 Å². The summed E-state index contributed by atoms with van der Waals surface area (Å²) in [5.41, 5.74) is -5.32. The molecule has 0 aromatic heterocycles. The lowest BCUT2D eigenvalue weighted by molar-refractivity contribution is -0.0448. The molecule has 1 aliphatic heterocycles. The molecule has 1 saturated heterocycles. The molecule has 2 aromatic rings. The fourth-order valence-corrected chi connectivity index (χ4v) is 9.54. The van der Waals surface area contributed by atoms with Crippen molar-refractivity contribution in [1.82, 2.24) is 10.0 Å². The van der Waals surface area contributed by atoms with Gasteiger partial charge in [-0.25, -0.2) is 13.1 Å². The predicted molar refractivity (Wildman–Crippen MR) is 122 cm³/mol. The lowest BCUT2D eigenvalue weighted by Crippen LogP contribution is -2.67. The van der Waals surface area contributed by atoms with Crippen LogP contribution in [0.1, 0.15) is 27.2 Å². The second-order valence-corrected chi connectivity index (χ2v) is 15.1. The smallest absolute Gasteiger partial charge is 0.403 e. The summed E-state index contributed by atoms with van der Waals surface area (Å²) in [7, 11) is -8.16. The van der Waals surface area contributed by atoms with Gasteiger partial charge in [-0.1, -0.05) is 81.4 Å². The Morgan fingerprint density at radius 2 is 1.50 bits per heavy atom. The van der Waals surface area contributed by atoms with E-state index in [1.54, 1.807) is 4.72 Å². The molecule has 2 N–H and O–H groups in total. The van der Waals surface area contributed by atoms with Gasteiger partial charge in [0.15, 0.2) is 0 Å². The lowest BCUT2D eigenvalue weighted by Gasteiger charge is -2.44. The minimum Gasteiger partial charge on any atom is -0.403 e. The number of benzene rings is 2. The third kappa shape index (κ3) is 5.09. The fraction of sp³-hybridized carbons (Fsp3) is 0.455. The molecule has 1 heterocycles. The zero-order valence-electron chi connectivity index (χ0n) is 18.3. The first kappa shape index (κ1) is 24.9. The number of rotatable bonds is 7. The molecule has 2 aromatic carbocycles. The maximum Gasteiger partial charge on any atom is 0.511 e. The van der Waals surface area contributed by atoms with Gasteiger partial charge >= 0.3 is 15.5 Å². The maximum atomic E-state index is 12.6. The molecule has 0 radical (unpaired) electrons. The molecule has 2 atom stereocenters. The summed E-state index contributed by atoms with van der Waals surface area (Å²) in [6.07, 6.45) is 0.145. The van der Waals surface area contributed by atoms with Crippen LogP contribution >= 0.6 is 0 Å². The Morgan fingerprint density at radius 3 is 1.94 bits per heavy atom. The van der Waals surface area contributed by atoms with Gasteiger partial charge < -0.3 is 9.74 Å². The topological polar surface area (TPSA) is 67.4 Å². The molecule has 0 bridgehead atoms. The average Bonchev–Trinajstić information content (AvgIpc) is 3.17. The molecule has 32 heavy (non-hydrogen) atoms. The molecule has 3 rings (SSSR count). The third-order valence-corrected chi connectivity index (χ3v) is 12.0. The molecule has 0 aliphatic carbocycles. The van der Waals surface area contributed by atoms with Gasteiger partial charge in [0, 0.05) is 19.1 Å². The lowest BCUT2D eigenvalue weighted by atomic mass is 10.2. The van der Waals surface area contributed by atoms with Crippen LogP contribution in [-0.4, -0.2) is 47.5 Å². The van der Waals surface area contributed by atoms with E-state index in [4.69, 9.17) is 4.43 Å². The van der Waals surface area contributed by atoms with E-state index < -0.39 is 29.9 Å². The van der Waals surface area contributed by atoms with E-state index in [0.717, 1.165) is 10.4 Å². The highest BCUT2D eigenvalue weighted by Crippen LogP contribution is 2.38. The Labute approximate surface area is 188 Å². The monoisotopic (exact) mass is 486 g/mol. The summed E-state index contributed by atoms with van der Waals surface area (Å²) in [5, 5.41) is 5.10. The van der Waals surface area contributed by atoms with Crippen molar-refractivity contribution in [2.45, 2.75) is 49.9 Å². The first-order valence-electron chi connectivity index (χ1n) is 10.4. The number of alkyl halides is 3. The molecule has 1 aliphatic rings. The van der Waals surface area contributed by atoms with Gasteiger partial charge in [0.05, 0.1) is 6.10 Å². The van der Waals surface area contributed by atoms with Crippen LogP contribution in [0.3, 0.4) is 0 Å². The Bertz CT molecular complexity index is 957. The van der Waals surface area contributed by atoms with Crippen molar-refractivity contribution in [3.8, 4) is 0 Å². The van der Waals surface area contributed by atoms with Crippen molar-refractivity contribution >= 4 is 28.7 Å². The van der Waals surface area contributed by atoms with Gasteiger partial charge in [-0.2, -0.15) is 13.2 Å². The average molecular weight is 487 g/mol. The SMILES string of the molecule is CC(C)(C)[Si](O[C@H]1CN[C@H](CNS(=O)(=O)C(F)(F)F)C1)(c1ccccc1)c1ccccc1. The Kier molecular flexibility index (Phi) is 7.21. The second-order valence-electron chi connectivity index (χ2n) is 9.04. The summed E-state index contributed by atoms with van der Waals surface area (Å²) in [5.74, 6) is 0. The molecule has 1 fully saturated rings. The van der Waals surface area contributed by atoms with Crippen LogP contribution in [0.2, 0.25) is 5.04 Å². The van der Waals surface area contributed by atoms with E-state index in [-0.39, 0.29) is 17.7 Å². The molecule has 0 unspecified atom stereocenters. The van der Waals surface area contributed by atoms with E-state index in [9.17, 15) is 21.6 Å². The number of nitrogens with one attached hydrogen (secondary N) is 2. The Hall–Kier alpha value is -1.72. The number of hydrogen-bond donors (Lipinski definition) is 2. The molecule has 10 heteroatoms. The Balaban J connectivity index is 1.86. The molecule has 0 spiro atoms. The first-order chi connectivity index (χ1) is 14.9. The Morgan fingerprint density at radius 1 is 1.00 bits per heavy atom. The number of sulfonamides is 1. The highest BCUT2D eigenvalue weighted by Gasteiger charge is 2.52. The largest absolute Gasteiger partial charge is 0.511 e. The van der Waals surface area contributed by atoms with E-state index in [0.29, 0.717) is 13.0 Å². The quantitative estimate of drug-likeness (QED) is 0.591. The van der Waals surface area contributed by atoms with Gasteiger partial charge in [-0.15, -0.1) is 0 Å². The van der Waals surface area contributed by atoms with Gasteiger partial charge in [-0.05, 0) is 21.8 Å². The number of halogens is 3. The second kappa shape index (κ2) is 9.26. The van der Waals surface area contributed by atoms with E-state index in [1.807, 2.05) is 36.4 Å². The van der Waals surface area contributed by atoms with Crippen LogP contribution in [0.5, 0.6) is 0 Å². The minimum absolute atomic E-state index is 0.230. The van der Waals surface area contributed by atoms with Crippen molar-refractivity contribution in [3.05, 3.63) is 60.7 Å². The third-order valence-electron chi connectivity index (χ3n) is 5.77. The van der Waals surface area contributed by atoms with Gasteiger partial charge in [0.1, 0.15) is 0 Å². The van der Waals surface area contributed by atoms with Crippen molar-refractivity contribution in [1.29, 1.82) is 0 Å². The van der Waals surface area contributed by atoms with Crippen molar-refractivity contribution in [2.75, 3.05) is 13.1 Å². The summed E-state index contributed by atoms with van der Waals surface area (Å²) in [6.45, 7) is 6.54. The van der Waals surface area contributed by atoms with E-state index in [1.165, 1.54) is 0 Å². The van der Waals surface area contributed by atoms with E-state index in [2.05, 4.69) is 50.4 Å². The van der Waals surface area contributed by atoms with Gasteiger partial charge in [-0.3, -0.25) is 0 Å². The normalized spacial score (nSPS) is 20.4. The summed E-state index contributed by atoms with van der Waals surface area (Å²) < 4.78 is 69.1. The molecule has 5 nitrogen and oxygen atoms in total. The zero-order valence-corrected chi connectivity index (χ0v) is 20.1. The maximum absolute atomic E-state index is 12.6. The van der Waals surface area contributed by atoms with Crippen molar-refractivity contribution < 1.29 is 26.0 Å². The molecular weight excluding hydrogens is 457 g/mol. The summed E-state index contributed by atoms with van der Waals surface area (Å²) in [6, 6.07) is 19.7. The van der Waals surface area contributed by atoms with Gasteiger partial charge in [0.2, 0.25) is 0 Å². The molecule has 176 valence electrons. The van der Waals surface area contributed by atoms with E-state index >= 15 is 0 Å². The van der Waals surface area contributed by atoms with Crippen molar-refractivity contribution in [2.24, 2.45) is 0 Å². The van der Waals surface area contributed by atoms with Crippen LogP contribution in [-0.2, 0) is 14.4 Å². The van der Waals surface area contributed by atoms with Crippen molar-refractivity contribution in [3.63, 3.8) is 0 Å². The molecular formula is C22H29F3N2O3SSi. The highest BCUT2D eigenvalue weighted by atomic mass is 32.2. The number of hydrogen-bond acceptors (Lipinski definition) is 4. The highest BCUT2D eigenvalue weighted by molar-refractivity contribution is 7.90. The first-order valence-corrected chi connectivity index (χ1v) is 13.8. The minimum atomic E-state index is -5.37. The zero-order chi connectivity index (χ0) is 23.6. The van der Waals surface area contributed by atoms with Crippen LogP contribution in [0.25, 0.3) is 0 Å². The summed E-state index contributed by atoms with van der Waals surface area (Å²) >= 11 is 0.